The molecule has 0 saturated carbocycles. The van der Waals surface area contributed by atoms with Crippen LogP contribution in [0, 0.1) is 0 Å². The van der Waals surface area contributed by atoms with Gasteiger partial charge in [0, 0.05) is 5.57 Å². The Balaban J connectivity index is 2.40. The summed E-state index contributed by atoms with van der Waals surface area (Å²) in [6.07, 6.45) is 9.29. The third kappa shape index (κ3) is 0.935. The van der Waals surface area contributed by atoms with Crippen LogP contribution in [-0.2, 0) is 9.53 Å². The van der Waals surface area contributed by atoms with Gasteiger partial charge in [-0.1, -0.05) is 18.2 Å². The fourth-order valence-corrected chi connectivity index (χ4v) is 1.15. The van der Waals surface area contributed by atoms with Crippen LogP contribution in [0.5, 0.6) is 0 Å². The van der Waals surface area contributed by atoms with Gasteiger partial charge >= 0.3 is 0 Å². The summed E-state index contributed by atoms with van der Waals surface area (Å²) in [7, 11) is 0. The van der Waals surface area contributed by atoms with Gasteiger partial charge in [0.1, 0.15) is 6.10 Å². The number of ether oxygens (including phenoxy) is 1. The Hall–Kier alpha value is -1.53. The second kappa shape index (κ2) is 2.26. The molecule has 0 saturated heterocycles. The smallest absolute Gasteiger partial charge is 0.205 e. The van der Waals surface area contributed by atoms with Gasteiger partial charge in [0.05, 0.1) is 0 Å². The molecule has 0 fully saturated rings. The molecule has 0 aromatic heterocycles. The number of hydrogen-bond donors (Lipinski definition) is 0. The average Bonchev–Trinajstić information content (AvgIpc) is 2.46. The zero-order chi connectivity index (χ0) is 7.68. The van der Waals surface area contributed by atoms with E-state index in [1.54, 1.807) is 12.0 Å². The summed E-state index contributed by atoms with van der Waals surface area (Å²) < 4.78 is 5.18. The number of rotatable bonds is 0. The minimum atomic E-state index is -0.0588. The Morgan fingerprint density at radius 2 is 2.36 bits per heavy atom. The van der Waals surface area contributed by atoms with E-state index < -0.39 is 0 Å². The van der Waals surface area contributed by atoms with Crippen LogP contribution in [0.3, 0.4) is 0 Å². The molecular formula is C9H6O2. The number of allylic oxidation sites excluding steroid dienone is 3. The van der Waals surface area contributed by atoms with E-state index in [1.165, 1.54) is 0 Å². The van der Waals surface area contributed by atoms with Crippen LogP contribution < -0.4 is 0 Å². The Bertz CT molecular complexity index is 314. The lowest BCUT2D eigenvalue weighted by molar-refractivity contribution is 0.218. The van der Waals surface area contributed by atoms with Crippen molar-refractivity contribution >= 4 is 5.94 Å². The first-order chi connectivity index (χ1) is 5.40. The molecule has 1 aliphatic carbocycles. The first-order valence-electron chi connectivity index (χ1n) is 3.38. The summed E-state index contributed by atoms with van der Waals surface area (Å²) in [5.74, 6) is 2.01. The minimum Gasteiger partial charge on any atom is -0.471 e. The van der Waals surface area contributed by atoms with E-state index in [-0.39, 0.29) is 6.10 Å². The van der Waals surface area contributed by atoms with E-state index in [0.717, 1.165) is 5.57 Å². The van der Waals surface area contributed by atoms with Gasteiger partial charge in [-0.2, -0.15) is 0 Å². The summed E-state index contributed by atoms with van der Waals surface area (Å²) in [5.41, 5.74) is 1.02. The molecule has 2 aliphatic rings. The van der Waals surface area contributed by atoms with E-state index in [4.69, 9.17) is 4.74 Å². The Morgan fingerprint density at radius 3 is 3.09 bits per heavy atom. The third-order valence-electron chi connectivity index (χ3n) is 1.67. The van der Waals surface area contributed by atoms with Crippen molar-refractivity contribution in [2.45, 2.75) is 6.10 Å². The normalized spacial score (nSPS) is 25.6. The molecule has 0 N–H and O–H groups in total. The summed E-state index contributed by atoms with van der Waals surface area (Å²) in [6, 6.07) is 0. The highest BCUT2D eigenvalue weighted by Crippen LogP contribution is 2.25. The molecule has 0 radical (unpaired) electrons. The number of hydrogen-bond acceptors (Lipinski definition) is 2. The largest absolute Gasteiger partial charge is 0.471 e. The molecule has 1 aliphatic heterocycles. The zero-order valence-corrected chi connectivity index (χ0v) is 5.78. The van der Waals surface area contributed by atoms with E-state index in [0.29, 0.717) is 5.76 Å². The first-order valence-corrected chi connectivity index (χ1v) is 3.38. The Kier molecular flexibility index (Phi) is 1.27. The maximum absolute atomic E-state index is 10.2. The van der Waals surface area contributed by atoms with E-state index in [1.807, 2.05) is 24.3 Å². The van der Waals surface area contributed by atoms with Gasteiger partial charge < -0.3 is 4.74 Å². The predicted octanol–water partition coefficient (Wildman–Crippen LogP) is 1.15. The predicted molar refractivity (Wildman–Crippen MR) is 40.4 cm³/mol. The molecule has 0 bridgehead atoms. The molecule has 1 heterocycles. The van der Waals surface area contributed by atoms with Crippen LogP contribution >= 0.6 is 0 Å². The molecule has 2 rings (SSSR count). The minimum absolute atomic E-state index is 0.0588. The molecule has 0 aromatic rings. The first kappa shape index (κ1) is 6.20. The van der Waals surface area contributed by atoms with E-state index >= 15 is 0 Å². The molecule has 2 heteroatoms. The van der Waals surface area contributed by atoms with Gasteiger partial charge in [-0.3, -0.25) is 0 Å². The molecule has 1 atom stereocenters. The number of carbonyl (C=O) groups excluding carboxylic acids is 1. The van der Waals surface area contributed by atoms with Crippen molar-refractivity contribution < 1.29 is 9.53 Å². The van der Waals surface area contributed by atoms with Gasteiger partial charge in [0.15, 0.2) is 5.94 Å². The monoisotopic (exact) mass is 146 g/mol. The fourth-order valence-electron chi connectivity index (χ4n) is 1.15. The van der Waals surface area contributed by atoms with Crippen molar-refractivity contribution in [3.05, 3.63) is 41.7 Å². The second-order valence-electron chi connectivity index (χ2n) is 2.39. The molecule has 11 heavy (non-hydrogen) atoms. The fraction of sp³-hybridized carbons (Fsp3) is 0.111. The maximum Gasteiger partial charge on any atom is 0.205 e. The highest BCUT2D eigenvalue weighted by Gasteiger charge is 2.20. The molecule has 2 nitrogen and oxygen atoms in total. The van der Waals surface area contributed by atoms with Crippen molar-refractivity contribution in [1.82, 2.24) is 0 Å². The van der Waals surface area contributed by atoms with Crippen molar-refractivity contribution in [2.75, 3.05) is 0 Å². The quantitative estimate of drug-likeness (QED) is 0.479. The van der Waals surface area contributed by atoms with Crippen LogP contribution in [0.25, 0.3) is 0 Å². The van der Waals surface area contributed by atoms with Crippen LogP contribution in [-0.4, -0.2) is 12.0 Å². The standard InChI is InChI=1S/C9H6O2/c10-6-8-5-7-3-1-2-4-9(7)11-8/h1-5,9H. The topological polar surface area (TPSA) is 26.3 Å². The van der Waals surface area contributed by atoms with Gasteiger partial charge in [-0.15, -0.1) is 0 Å². The lowest BCUT2D eigenvalue weighted by Crippen LogP contribution is -2.05. The second-order valence-corrected chi connectivity index (χ2v) is 2.39. The molecular weight excluding hydrogens is 140 g/mol. The van der Waals surface area contributed by atoms with Crippen LogP contribution in [0.1, 0.15) is 0 Å². The summed E-state index contributed by atoms with van der Waals surface area (Å²) in [4.78, 5) is 10.2. The van der Waals surface area contributed by atoms with E-state index in [2.05, 4.69) is 0 Å². The van der Waals surface area contributed by atoms with Crippen LogP contribution in [0.4, 0.5) is 0 Å². The summed E-state index contributed by atoms with van der Waals surface area (Å²) >= 11 is 0. The third-order valence-corrected chi connectivity index (χ3v) is 1.67. The van der Waals surface area contributed by atoms with Gasteiger partial charge in [0.2, 0.25) is 5.76 Å². The maximum atomic E-state index is 10.2. The molecule has 0 amide bonds. The lowest BCUT2D eigenvalue weighted by Gasteiger charge is -2.08. The lowest BCUT2D eigenvalue weighted by atomic mass is 10.1. The molecule has 0 aromatic carbocycles. The summed E-state index contributed by atoms with van der Waals surface area (Å²) in [6.45, 7) is 0. The average molecular weight is 146 g/mol. The van der Waals surface area contributed by atoms with Gasteiger partial charge in [0.25, 0.3) is 0 Å². The molecule has 54 valence electrons. The van der Waals surface area contributed by atoms with Gasteiger partial charge in [-0.25, -0.2) is 4.79 Å². The van der Waals surface area contributed by atoms with Gasteiger partial charge in [-0.05, 0) is 12.2 Å². The summed E-state index contributed by atoms with van der Waals surface area (Å²) in [5, 5.41) is 0. The van der Waals surface area contributed by atoms with Crippen LogP contribution in [0.15, 0.2) is 41.7 Å². The van der Waals surface area contributed by atoms with Crippen molar-refractivity contribution in [2.24, 2.45) is 0 Å². The highest BCUT2D eigenvalue weighted by atomic mass is 16.5. The zero-order valence-electron chi connectivity index (χ0n) is 5.78. The van der Waals surface area contributed by atoms with E-state index in [9.17, 15) is 4.79 Å². The van der Waals surface area contributed by atoms with Crippen molar-refractivity contribution in [1.29, 1.82) is 0 Å². The van der Waals surface area contributed by atoms with Crippen LogP contribution in [0.2, 0.25) is 0 Å². The Morgan fingerprint density at radius 1 is 1.45 bits per heavy atom. The highest BCUT2D eigenvalue weighted by molar-refractivity contribution is 5.59. The number of fused-ring (bicyclic) bond motifs is 1. The SMILES string of the molecule is O=C=C1C=C2C=CC=CC2O1. The van der Waals surface area contributed by atoms with Crippen molar-refractivity contribution in [3.8, 4) is 0 Å². The molecule has 0 spiro atoms. The molecule has 1 unspecified atom stereocenters. The van der Waals surface area contributed by atoms with Crippen molar-refractivity contribution in [3.63, 3.8) is 0 Å². The Labute approximate surface area is 64.2 Å².